The Morgan fingerprint density at radius 2 is 1.88 bits per heavy atom. The Kier molecular flexibility index (Phi) is 6.38. The van der Waals surface area contributed by atoms with Gasteiger partial charge in [0.05, 0.1) is 16.1 Å². The van der Waals surface area contributed by atoms with Gasteiger partial charge in [-0.3, -0.25) is 10.1 Å². The first-order valence-electron chi connectivity index (χ1n) is 9.65. The van der Waals surface area contributed by atoms with Gasteiger partial charge in [-0.05, 0) is 35.2 Å². The molecule has 2 heterocycles. The van der Waals surface area contributed by atoms with Gasteiger partial charge in [0.2, 0.25) is 11.8 Å². The number of anilines is 1. The van der Waals surface area contributed by atoms with E-state index in [1.165, 1.54) is 29.7 Å². The Morgan fingerprint density at radius 3 is 2.59 bits per heavy atom. The van der Waals surface area contributed by atoms with E-state index in [-0.39, 0.29) is 12.2 Å². The van der Waals surface area contributed by atoms with Crippen molar-refractivity contribution in [2.24, 2.45) is 0 Å². The zero-order chi connectivity index (χ0) is 22.6. The lowest BCUT2D eigenvalue weighted by Crippen LogP contribution is -2.33. The zero-order valence-corrected chi connectivity index (χ0v) is 17.4. The number of aromatic nitrogens is 1. The van der Waals surface area contributed by atoms with Crippen molar-refractivity contribution in [1.82, 2.24) is 10.3 Å². The molecular weight excluding hydrogens is 439 g/mol. The first-order chi connectivity index (χ1) is 15.4. The highest BCUT2D eigenvalue weighted by atomic mass is 32.1. The van der Waals surface area contributed by atoms with Gasteiger partial charge < -0.3 is 9.73 Å². The first-order valence-corrected chi connectivity index (χ1v) is 10.5. The molecule has 2 N–H and O–H groups in total. The number of oxazole rings is 1. The minimum absolute atomic E-state index is 0.0639. The third kappa shape index (κ3) is 5.24. The molecule has 164 valence electrons. The second kappa shape index (κ2) is 9.37. The van der Waals surface area contributed by atoms with Gasteiger partial charge >= 0.3 is 6.18 Å². The quantitative estimate of drug-likeness (QED) is 0.363. The number of amides is 1. The second-order valence-electron chi connectivity index (χ2n) is 6.91. The van der Waals surface area contributed by atoms with Crippen LogP contribution >= 0.6 is 11.3 Å². The summed E-state index contributed by atoms with van der Waals surface area (Å²) < 4.78 is 44.5. The van der Waals surface area contributed by atoms with Crippen LogP contribution in [0.15, 0.2) is 82.8 Å². The summed E-state index contributed by atoms with van der Waals surface area (Å²) >= 11 is 1.50. The van der Waals surface area contributed by atoms with Crippen molar-refractivity contribution in [2.75, 3.05) is 5.32 Å². The number of carbonyl (C=O) groups excluding carboxylic acids is 1. The van der Waals surface area contributed by atoms with Crippen LogP contribution in [0.2, 0.25) is 0 Å². The summed E-state index contributed by atoms with van der Waals surface area (Å²) in [6.45, 7) is 0.227. The number of nitrogens with one attached hydrogen (secondary N) is 2. The number of benzene rings is 2. The smallest absolute Gasteiger partial charge is 0.416 e. The summed E-state index contributed by atoms with van der Waals surface area (Å²) in [4.78, 5) is 18.3. The topological polar surface area (TPSA) is 67.2 Å². The largest absolute Gasteiger partial charge is 0.444 e. The van der Waals surface area contributed by atoms with Crippen LogP contribution in [0.4, 0.5) is 18.9 Å². The molecule has 0 aliphatic rings. The Balaban J connectivity index is 1.50. The number of carbonyl (C=O) groups is 1. The number of halogens is 3. The van der Waals surface area contributed by atoms with Crippen molar-refractivity contribution in [3.8, 4) is 10.8 Å². The van der Waals surface area contributed by atoms with Crippen LogP contribution in [0.5, 0.6) is 0 Å². The highest BCUT2D eigenvalue weighted by Gasteiger charge is 2.30. The predicted octanol–water partition coefficient (Wildman–Crippen LogP) is 5.89. The van der Waals surface area contributed by atoms with E-state index in [0.717, 1.165) is 17.0 Å². The third-order valence-electron chi connectivity index (χ3n) is 4.62. The summed E-state index contributed by atoms with van der Waals surface area (Å²) in [5, 5.41) is 7.61. The molecule has 0 radical (unpaired) electrons. The molecule has 0 unspecified atom stereocenters. The molecule has 2 aromatic carbocycles. The molecule has 4 rings (SSSR count). The molecule has 0 spiro atoms. The summed E-state index contributed by atoms with van der Waals surface area (Å²) in [6.07, 6.45) is -2.99. The summed E-state index contributed by atoms with van der Waals surface area (Å²) in [5.41, 5.74) is 0.498. The normalized spacial score (nSPS) is 12.5. The van der Waals surface area contributed by atoms with Crippen LogP contribution in [0.25, 0.3) is 10.8 Å². The molecule has 0 aliphatic carbocycles. The van der Waals surface area contributed by atoms with E-state index < -0.39 is 23.7 Å². The van der Waals surface area contributed by atoms with Crippen LogP contribution in [-0.4, -0.2) is 10.9 Å². The van der Waals surface area contributed by atoms with Crippen LogP contribution in [0, 0.1) is 0 Å². The van der Waals surface area contributed by atoms with Gasteiger partial charge in [0.1, 0.15) is 12.3 Å². The fourth-order valence-corrected chi connectivity index (χ4v) is 3.76. The summed E-state index contributed by atoms with van der Waals surface area (Å²) in [6, 6.07) is 16.4. The van der Waals surface area contributed by atoms with E-state index in [1.807, 2.05) is 23.6 Å². The molecule has 5 nitrogen and oxygen atoms in total. The predicted molar refractivity (Wildman–Crippen MR) is 116 cm³/mol. The Morgan fingerprint density at radius 1 is 1.06 bits per heavy atom. The van der Waals surface area contributed by atoms with Crippen molar-refractivity contribution >= 4 is 22.9 Å². The van der Waals surface area contributed by atoms with Gasteiger partial charge in [-0.2, -0.15) is 13.2 Å². The van der Waals surface area contributed by atoms with E-state index >= 15 is 0 Å². The second-order valence-corrected chi connectivity index (χ2v) is 7.86. The van der Waals surface area contributed by atoms with E-state index in [1.54, 1.807) is 24.3 Å². The number of alkyl halides is 3. The van der Waals surface area contributed by atoms with Gasteiger partial charge in [0.15, 0.2) is 0 Å². The minimum atomic E-state index is -4.49. The maximum atomic E-state index is 13.0. The Bertz CT molecular complexity index is 1170. The van der Waals surface area contributed by atoms with Crippen molar-refractivity contribution < 1.29 is 22.4 Å². The highest BCUT2D eigenvalue weighted by molar-refractivity contribution is 7.13. The molecule has 0 aliphatic heterocycles. The lowest BCUT2D eigenvalue weighted by atomic mass is 10.1. The van der Waals surface area contributed by atoms with Crippen LogP contribution < -0.4 is 10.6 Å². The minimum Gasteiger partial charge on any atom is -0.444 e. The van der Waals surface area contributed by atoms with Gasteiger partial charge in [-0.1, -0.05) is 42.5 Å². The average molecular weight is 457 g/mol. The fraction of sp³-hybridized carbons (Fsp3) is 0.130. The molecule has 1 atom stereocenters. The van der Waals surface area contributed by atoms with Crippen molar-refractivity contribution in [3.05, 3.63) is 95.2 Å². The average Bonchev–Trinajstić information content (AvgIpc) is 3.46. The number of rotatable bonds is 7. The Hall–Kier alpha value is -3.43. The molecule has 2 aromatic heterocycles. The molecule has 4 aromatic rings. The van der Waals surface area contributed by atoms with E-state index in [9.17, 15) is 18.0 Å². The number of nitrogens with zero attached hydrogens (tertiary/aromatic N) is 1. The van der Waals surface area contributed by atoms with Crippen molar-refractivity contribution in [2.45, 2.75) is 18.8 Å². The van der Waals surface area contributed by atoms with Gasteiger partial charge in [0, 0.05) is 12.2 Å². The zero-order valence-electron chi connectivity index (χ0n) is 16.6. The highest BCUT2D eigenvalue weighted by Crippen LogP contribution is 2.31. The molecule has 32 heavy (non-hydrogen) atoms. The number of thiophene rings is 1. The molecular formula is C23H18F3N3O2S. The molecule has 0 saturated heterocycles. The van der Waals surface area contributed by atoms with E-state index in [0.29, 0.717) is 17.1 Å². The van der Waals surface area contributed by atoms with Gasteiger partial charge in [-0.15, -0.1) is 11.3 Å². The standard InChI is InChI=1S/C23H18F3N3O2S/c24-23(25,26)16-8-4-9-17(12-16)28-21(30)20(15-6-2-1-3-7-15)27-13-18-14-31-22(29-18)19-10-5-11-32-19/h1-12,14,20,27H,13H2,(H,28,30)/t20-/m1/s1. The molecule has 1 amide bonds. The van der Waals surface area contributed by atoms with Crippen molar-refractivity contribution in [3.63, 3.8) is 0 Å². The Labute approximate surface area is 185 Å². The lowest BCUT2D eigenvalue weighted by Gasteiger charge is -2.19. The molecule has 0 fully saturated rings. The fourth-order valence-electron chi connectivity index (χ4n) is 3.10. The third-order valence-corrected chi connectivity index (χ3v) is 5.48. The lowest BCUT2D eigenvalue weighted by molar-refractivity contribution is -0.137. The maximum Gasteiger partial charge on any atom is 0.416 e. The number of hydrogen-bond acceptors (Lipinski definition) is 5. The van der Waals surface area contributed by atoms with Gasteiger partial charge in [-0.25, -0.2) is 4.98 Å². The SMILES string of the molecule is O=C(Nc1cccc(C(F)(F)F)c1)[C@H](NCc1coc(-c2cccs2)n1)c1ccccc1. The first kappa shape index (κ1) is 21.8. The van der Waals surface area contributed by atoms with Crippen LogP contribution in [-0.2, 0) is 17.5 Å². The molecule has 0 bridgehead atoms. The monoisotopic (exact) mass is 457 g/mol. The van der Waals surface area contributed by atoms with E-state index in [2.05, 4.69) is 15.6 Å². The summed E-state index contributed by atoms with van der Waals surface area (Å²) in [7, 11) is 0. The summed E-state index contributed by atoms with van der Waals surface area (Å²) in [5.74, 6) is -0.000946. The molecule has 9 heteroatoms. The van der Waals surface area contributed by atoms with Gasteiger partial charge in [0.25, 0.3) is 0 Å². The van der Waals surface area contributed by atoms with E-state index in [4.69, 9.17) is 4.42 Å². The van der Waals surface area contributed by atoms with Crippen LogP contribution in [0.1, 0.15) is 22.9 Å². The van der Waals surface area contributed by atoms with Crippen LogP contribution in [0.3, 0.4) is 0 Å². The maximum absolute atomic E-state index is 13.0. The van der Waals surface area contributed by atoms with Crippen molar-refractivity contribution in [1.29, 1.82) is 0 Å². The molecule has 0 saturated carbocycles. The number of hydrogen-bond donors (Lipinski definition) is 2.